The van der Waals surface area contributed by atoms with E-state index in [1.54, 1.807) is 7.11 Å². The van der Waals surface area contributed by atoms with Gasteiger partial charge < -0.3 is 14.8 Å². The summed E-state index contributed by atoms with van der Waals surface area (Å²) in [5.74, 6) is 0.385. The Bertz CT molecular complexity index is 414. The average molecular weight is 276 g/mol. The largest absolute Gasteiger partial charge is 0.417 e. The number of hydrogen-bond donors (Lipinski definition) is 1. The molecule has 19 heavy (non-hydrogen) atoms. The van der Waals surface area contributed by atoms with E-state index in [1.165, 1.54) is 6.07 Å². The van der Waals surface area contributed by atoms with E-state index in [4.69, 9.17) is 9.47 Å². The Morgan fingerprint density at radius 1 is 1.47 bits per heavy atom. The fraction of sp³-hybridized carbons (Fsp3) is 0.583. The van der Waals surface area contributed by atoms with Gasteiger partial charge in [-0.15, -0.1) is 0 Å². The van der Waals surface area contributed by atoms with Gasteiger partial charge in [0.15, 0.2) is 0 Å². The van der Waals surface area contributed by atoms with Crippen LogP contribution in [-0.2, 0) is 15.7 Å². The Morgan fingerprint density at radius 3 is 2.74 bits per heavy atom. The van der Waals surface area contributed by atoms with Crippen molar-refractivity contribution in [2.75, 3.05) is 32.2 Å². The Balaban J connectivity index is 1.96. The number of nitrogens with one attached hydrogen (secondary N) is 1. The van der Waals surface area contributed by atoms with Gasteiger partial charge in [0.25, 0.3) is 0 Å². The predicted octanol–water partition coefficient (Wildman–Crippen LogP) is 2.32. The van der Waals surface area contributed by atoms with Crippen LogP contribution in [-0.4, -0.2) is 37.5 Å². The minimum absolute atomic E-state index is 0.385. The monoisotopic (exact) mass is 276 g/mol. The maximum absolute atomic E-state index is 12.4. The van der Waals surface area contributed by atoms with Crippen LogP contribution in [0.1, 0.15) is 12.0 Å². The normalized spacial score (nSPS) is 23.6. The van der Waals surface area contributed by atoms with Crippen molar-refractivity contribution >= 4 is 5.82 Å². The van der Waals surface area contributed by atoms with Gasteiger partial charge in [-0.3, -0.25) is 0 Å². The van der Waals surface area contributed by atoms with E-state index in [-0.39, 0.29) is 0 Å². The molecule has 0 bridgehead atoms. The number of nitrogens with zero attached hydrogens (tertiary/aromatic N) is 1. The third kappa shape index (κ3) is 3.36. The van der Waals surface area contributed by atoms with E-state index in [1.807, 2.05) is 0 Å². The van der Waals surface area contributed by atoms with Gasteiger partial charge in [-0.1, -0.05) is 0 Å². The molecule has 0 aromatic carbocycles. The number of rotatable bonds is 4. The van der Waals surface area contributed by atoms with Crippen molar-refractivity contribution in [3.05, 3.63) is 23.9 Å². The van der Waals surface area contributed by atoms with E-state index in [0.29, 0.717) is 25.6 Å². The molecule has 0 amide bonds. The lowest BCUT2D eigenvalue weighted by atomic mass is 10.0. The van der Waals surface area contributed by atoms with Gasteiger partial charge in [-0.05, 0) is 12.1 Å². The summed E-state index contributed by atoms with van der Waals surface area (Å²) in [5.41, 5.74) is -1.19. The van der Waals surface area contributed by atoms with E-state index >= 15 is 0 Å². The summed E-state index contributed by atoms with van der Waals surface area (Å²) in [6, 6.07) is 2.31. The summed E-state index contributed by atoms with van der Waals surface area (Å²) in [6.45, 7) is 1.54. The van der Waals surface area contributed by atoms with E-state index in [0.717, 1.165) is 18.7 Å². The molecular formula is C12H15F3N2O2. The van der Waals surface area contributed by atoms with Crippen LogP contribution in [0, 0.1) is 0 Å². The van der Waals surface area contributed by atoms with Crippen molar-refractivity contribution in [3.63, 3.8) is 0 Å². The zero-order valence-corrected chi connectivity index (χ0v) is 10.5. The molecule has 0 radical (unpaired) electrons. The topological polar surface area (TPSA) is 43.4 Å². The number of methoxy groups -OCH3 is 1. The number of ether oxygens (including phenoxy) is 2. The SMILES string of the molecule is COC1(CNc2ccc(C(F)(F)F)cn2)CCOC1. The second kappa shape index (κ2) is 5.34. The molecule has 7 heteroatoms. The van der Waals surface area contributed by atoms with Gasteiger partial charge in [0.1, 0.15) is 11.4 Å². The first-order valence-corrected chi connectivity index (χ1v) is 5.85. The lowest BCUT2D eigenvalue weighted by Gasteiger charge is -2.26. The number of aromatic nitrogens is 1. The van der Waals surface area contributed by atoms with Crippen LogP contribution in [0.25, 0.3) is 0 Å². The first-order valence-electron chi connectivity index (χ1n) is 5.85. The van der Waals surface area contributed by atoms with Crippen LogP contribution in [0.5, 0.6) is 0 Å². The highest BCUT2D eigenvalue weighted by atomic mass is 19.4. The molecule has 1 fully saturated rings. The van der Waals surface area contributed by atoms with Gasteiger partial charge in [-0.25, -0.2) is 4.98 Å². The lowest BCUT2D eigenvalue weighted by Crippen LogP contribution is -2.39. The predicted molar refractivity (Wildman–Crippen MR) is 62.9 cm³/mol. The Hall–Kier alpha value is -1.34. The summed E-state index contributed by atoms with van der Waals surface area (Å²) in [4.78, 5) is 3.74. The molecule has 1 aromatic heterocycles. The molecule has 0 aliphatic carbocycles. The van der Waals surface area contributed by atoms with E-state index in [9.17, 15) is 13.2 Å². The summed E-state index contributed by atoms with van der Waals surface area (Å²) < 4.78 is 47.8. The number of halogens is 3. The fourth-order valence-electron chi connectivity index (χ4n) is 1.88. The number of hydrogen-bond acceptors (Lipinski definition) is 4. The van der Waals surface area contributed by atoms with Crippen LogP contribution in [0.2, 0.25) is 0 Å². The minimum Gasteiger partial charge on any atom is -0.378 e. The molecule has 1 atom stereocenters. The minimum atomic E-state index is -4.36. The summed E-state index contributed by atoms with van der Waals surface area (Å²) in [6.07, 6.45) is -2.80. The number of alkyl halides is 3. The standard InChI is InChI=1S/C12H15F3N2O2/c1-18-11(4-5-19-8-11)7-17-10-3-2-9(6-16-10)12(13,14)15/h2-3,6H,4-5,7-8H2,1H3,(H,16,17). The highest BCUT2D eigenvalue weighted by Gasteiger charge is 2.35. The highest BCUT2D eigenvalue weighted by Crippen LogP contribution is 2.29. The van der Waals surface area contributed by atoms with Gasteiger partial charge in [0.2, 0.25) is 0 Å². The molecule has 1 aliphatic heterocycles. The van der Waals surface area contributed by atoms with Gasteiger partial charge >= 0.3 is 6.18 Å². The van der Waals surface area contributed by atoms with Crippen LogP contribution < -0.4 is 5.32 Å². The molecule has 106 valence electrons. The maximum atomic E-state index is 12.4. The molecule has 2 rings (SSSR count). The molecule has 0 saturated carbocycles. The first-order chi connectivity index (χ1) is 8.95. The smallest absolute Gasteiger partial charge is 0.378 e. The third-order valence-electron chi connectivity index (χ3n) is 3.18. The van der Waals surface area contributed by atoms with Gasteiger partial charge in [0.05, 0.1) is 12.2 Å². The molecule has 1 N–H and O–H groups in total. The molecule has 0 spiro atoms. The van der Waals surface area contributed by atoms with Crippen molar-refractivity contribution in [1.82, 2.24) is 4.98 Å². The second-order valence-electron chi connectivity index (χ2n) is 4.47. The van der Waals surface area contributed by atoms with E-state index in [2.05, 4.69) is 10.3 Å². The van der Waals surface area contributed by atoms with Crippen molar-refractivity contribution in [3.8, 4) is 0 Å². The van der Waals surface area contributed by atoms with Gasteiger partial charge in [-0.2, -0.15) is 13.2 Å². The summed E-state index contributed by atoms with van der Waals surface area (Å²) in [7, 11) is 1.59. The molecule has 1 aliphatic rings. The van der Waals surface area contributed by atoms with Crippen molar-refractivity contribution in [2.45, 2.75) is 18.2 Å². The summed E-state index contributed by atoms with van der Waals surface area (Å²) >= 11 is 0. The Kier molecular flexibility index (Phi) is 3.96. The molecule has 4 nitrogen and oxygen atoms in total. The Morgan fingerprint density at radius 2 is 2.26 bits per heavy atom. The molecule has 2 heterocycles. The van der Waals surface area contributed by atoms with E-state index < -0.39 is 17.3 Å². The second-order valence-corrected chi connectivity index (χ2v) is 4.47. The summed E-state index contributed by atoms with van der Waals surface area (Å²) in [5, 5.41) is 2.97. The average Bonchev–Trinajstić information content (AvgIpc) is 2.85. The van der Waals surface area contributed by atoms with Crippen molar-refractivity contribution in [2.24, 2.45) is 0 Å². The molecular weight excluding hydrogens is 261 g/mol. The number of pyridine rings is 1. The van der Waals surface area contributed by atoms with Crippen LogP contribution >= 0.6 is 0 Å². The lowest BCUT2D eigenvalue weighted by molar-refractivity contribution is -0.137. The van der Waals surface area contributed by atoms with Crippen LogP contribution in [0.15, 0.2) is 18.3 Å². The van der Waals surface area contributed by atoms with Gasteiger partial charge in [0, 0.05) is 32.9 Å². The zero-order valence-electron chi connectivity index (χ0n) is 10.5. The quantitative estimate of drug-likeness (QED) is 0.916. The van der Waals surface area contributed by atoms with Crippen LogP contribution in [0.3, 0.4) is 0 Å². The fourth-order valence-corrected chi connectivity index (χ4v) is 1.88. The van der Waals surface area contributed by atoms with Crippen molar-refractivity contribution < 1.29 is 22.6 Å². The van der Waals surface area contributed by atoms with Crippen molar-refractivity contribution in [1.29, 1.82) is 0 Å². The van der Waals surface area contributed by atoms with Crippen LogP contribution in [0.4, 0.5) is 19.0 Å². The highest BCUT2D eigenvalue weighted by molar-refractivity contribution is 5.36. The first kappa shape index (κ1) is 14.1. The third-order valence-corrected chi connectivity index (χ3v) is 3.18. The molecule has 1 aromatic rings. The number of anilines is 1. The molecule has 1 unspecified atom stereocenters. The Labute approximate surface area is 108 Å². The zero-order chi connectivity index (χ0) is 13.9. The maximum Gasteiger partial charge on any atom is 0.417 e. The molecule has 1 saturated heterocycles.